The van der Waals surface area contributed by atoms with E-state index in [1.54, 1.807) is 6.20 Å². The molecule has 0 saturated carbocycles. The molecule has 92 valence electrons. The van der Waals surface area contributed by atoms with Crippen LogP contribution < -0.4 is 0 Å². The van der Waals surface area contributed by atoms with Gasteiger partial charge in [-0.1, -0.05) is 13.8 Å². The Morgan fingerprint density at radius 2 is 2.24 bits per heavy atom. The third-order valence-electron chi connectivity index (χ3n) is 2.47. The molecule has 1 aromatic rings. The number of aromatic nitrogens is 1. The number of nitrogens with zero attached hydrogens (tertiary/aromatic N) is 2. The lowest BCUT2D eigenvalue weighted by atomic mass is 10.0. The van der Waals surface area contributed by atoms with Crippen molar-refractivity contribution in [3.8, 4) is 6.07 Å². The van der Waals surface area contributed by atoms with Crippen LogP contribution in [0.2, 0.25) is 0 Å². The standard InChI is InChI=1S/C13H18N2S2/c1-10(2)13-7-11(3-5-17-6-4-16)12(8-14)9-15-13/h7,9-10,16H,3-6H2,1-2H3. The average Bonchev–Trinajstić information content (AvgIpc) is 2.34. The van der Waals surface area contributed by atoms with Gasteiger partial charge in [0.25, 0.3) is 0 Å². The lowest BCUT2D eigenvalue weighted by Crippen LogP contribution is -2.00. The van der Waals surface area contributed by atoms with Crippen molar-refractivity contribution >= 4 is 24.4 Å². The molecular weight excluding hydrogens is 248 g/mol. The van der Waals surface area contributed by atoms with E-state index in [9.17, 15) is 0 Å². The van der Waals surface area contributed by atoms with E-state index in [2.05, 4.69) is 43.6 Å². The molecule has 0 spiro atoms. The van der Waals surface area contributed by atoms with E-state index >= 15 is 0 Å². The van der Waals surface area contributed by atoms with Crippen molar-refractivity contribution in [1.29, 1.82) is 5.26 Å². The molecule has 0 atom stereocenters. The highest BCUT2D eigenvalue weighted by molar-refractivity contribution is 7.99. The van der Waals surface area contributed by atoms with Crippen LogP contribution in [0.3, 0.4) is 0 Å². The Labute approximate surface area is 113 Å². The van der Waals surface area contributed by atoms with Crippen LogP contribution >= 0.6 is 24.4 Å². The van der Waals surface area contributed by atoms with E-state index in [0.29, 0.717) is 11.5 Å². The lowest BCUT2D eigenvalue weighted by molar-refractivity contribution is 0.817. The Hall–Kier alpha value is -0.660. The van der Waals surface area contributed by atoms with Crippen LogP contribution in [0.1, 0.15) is 36.6 Å². The maximum Gasteiger partial charge on any atom is 0.101 e. The molecule has 4 heteroatoms. The normalized spacial score (nSPS) is 10.5. The van der Waals surface area contributed by atoms with Crippen molar-refractivity contribution in [2.75, 3.05) is 17.3 Å². The highest BCUT2D eigenvalue weighted by Gasteiger charge is 2.07. The summed E-state index contributed by atoms with van der Waals surface area (Å²) in [6, 6.07) is 4.29. The first-order chi connectivity index (χ1) is 8.19. The van der Waals surface area contributed by atoms with Gasteiger partial charge >= 0.3 is 0 Å². The third kappa shape index (κ3) is 4.61. The number of hydrogen-bond donors (Lipinski definition) is 1. The van der Waals surface area contributed by atoms with Gasteiger partial charge in [-0.3, -0.25) is 4.98 Å². The van der Waals surface area contributed by atoms with Crippen LogP contribution in [-0.2, 0) is 6.42 Å². The van der Waals surface area contributed by atoms with Crippen molar-refractivity contribution in [1.82, 2.24) is 4.98 Å². The topological polar surface area (TPSA) is 36.7 Å². The predicted molar refractivity (Wildman–Crippen MR) is 77.9 cm³/mol. The highest BCUT2D eigenvalue weighted by Crippen LogP contribution is 2.17. The molecule has 1 aromatic heterocycles. The SMILES string of the molecule is CC(C)c1cc(CCSCCS)c(C#N)cn1. The van der Waals surface area contributed by atoms with Gasteiger partial charge in [0.05, 0.1) is 5.56 Å². The number of thiol groups is 1. The minimum Gasteiger partial charge on any atom is -0.260 e. The fraction of sp³-hybridized carbons (Fsp3) is 0.538. The Morgan fingerprint density at radius 3 is 2.82 bits per heavy atom. The molecule has 0 aromatic carbocycles. The summed E-state index contributed by atoms with van der Waals surface area (Å²) in [6.45, 7) is 4.24. The lowest BCUT2D eigenvalue weighted by Gasteiger charge is -2.08. The van der Waals surface area contributed by atoms with Crippen molar-refractivity contribution < 1.29 is 0 Å². The van der Waals surface area contributed by atoms with E-state index in [-0.39, 0.29) is 0 Å². The second-order valence-corrected chi connectivity index (χ2v) is 5.79. The summed E-state index contributed by atoms with van der Waals surface area (Å²) in [6.07, 6.45) is 2.64. The molecule has 0 unspecified atom stereocenters. The molecule has 0 aliphatic rings. The van der Waals surface area contributed by atoms with Gasteiger partial charge in [0.1, 0.15) is 6.07 Å². The third-order valence-corrected chi connectivity index (χ3v) is 3.99. The predicted octanol–water partition coefficient (Wildman–Crippen LogP) is 3.28. The molecule has 0 aliphatic heterocycles. The van der Waals surface area contributed by atoms with Crippen molar-refractivity contribution in [2.45, 2.75) is 26.2 Å². The quantitative estimate of drug-likeness (QED) is 0.634. The Bertz CT molecular complexity index is 397. The molecule has 0 radical (unpaired) electrons. The number of pyridine rings is 1. The minimum absolute atomic E-state index is 0.409. The van der Waals surface area contributed by atoms with Crippen molar-refractivity contribution in [2.24, 2.45) is 0 Å². The summed E-state index contributed by atoms with van der Waals surface area (Å²) in [5, 5.41) is 9.04. The summed E-state index contributed by atoms with van der Waals surface area (Å²) >= 11 is 6.05. The summed E-state index contributed by atoms with van der Waals surface area (Å²) in [4.78, 5) is 4.31. The molecule has 0 N–H and O–H groups in total. The van der Waals surface area contributed by atoms with Gasteiger partial charge in [0.2, 0.25) is 0 Å². The fourth-order valence-corrected chi connectivity index (χ4v) is 2.57. The summed E-state index contributed by atoms with van der Waals surface area (Å²) in [5.74, 6) is 3.42. The van der Waals surface area contributed by atoms with E-state index in [1.807, 2.05) is 11.8 Å². The van der Waals surface area contributed by atoms with Gasteiger partial charge in [-0.05, 0) is 35.5 Å². The number of thioether (sulfide) groups is 1. The number of hydrogen-bond acceptors (Lipinski definition) is 4. The second-order valence-electron chi connectivity index (χ2n) is 4.12. The monoisotopic (exact) mass is 266 g/mol. The van der Waals surface area contributed by atoms with Crippen molar-refractivity contribution in [3.05, 3.63) is 29.1 Å². The molecule has 0 saturated heterocycles. The van der Waals surface area contributed by atoms with Gasteiger partial charge < -0.3 is 0 Å². The van der Waals surface area contributed by atoms with E-state index in [4.69, 9.17) is 5.26 Å². The molecule has 17 heavy (non-hydrogen) atoms. The first-order valence-electron chi connectivity index (χ1n) is 5.76. The van der Waals surface area contributed by atoms with Gasteiger partial charge in [-0.2, -0.15) is 29.7 Å². The molecule has 0 fully saturated rings. The van der Waals surface area contributed by atoms with Crippen LogP contribution in [0.5, 0.6) is 0 Å². The second kappa shape index (κ2) is 7.62. The summed E-state index contributed by atoms with van der Waals surface area (Å²) in [5.41, 5.74) is 2.90. The van der Waals surface area contributed by atoms with E-state index in [0.717, 1.165) is 34.9 Å². The number of rotatable bonds is 6. The average molecular weight is 266 g/mol. The Morgan fingerprint density at radius 1 is 1.47 bits per heavy atom. The van der Waals surface area contributed by atoms with Crippen LogP contribution in [0.25, 0.3) is 0 Å². The fourth-order valence-electron chi connectivity index (χ4n) is 1.49. The molecular formula is C13H18N2S2. The smallest absolute Gasteiger partial charge is 0.101 e. The molecule has 0 amide bonds. The van der Waals surface area contributed by atoms with Crippen LogP contribution in [0, 0.1) is 11.3 Å². The summed E-state index contributed by atoms with van der Waals surface area (Å²) < 4.78 is 0. The minimum atomic E-state index is 0.409. The van der Waals surface area contributed by atoms with Gasteiger partial charge in [0.15, 0.2) is 0 Å². The number of aryl methyl sites for hydroxylation is 1. The van der Waals surface area contributed by atoms with E-state index < -0.39 is 0 Å². The van der Waals surface area contributed by atoms with Gasteiger partial charge in [-0.25, -0.2) is 0 Å². The van der Waals surface area contributed by atoms with Crippen LogP contribution in [-0.4, -0.2) is 22.2 Å². The maximum absolute atomic E-state index is 9.04. The van der Waals surface area contributed by atoms with Crippen LogP contribution in [0.15, 0.2) is 12.3 Å². The maximum atomic E-state index is 9.04. The molecule has 2 nitrogen and oxygen atoms in total. The number of nitriles is 1. The van der Waals surface area contributed by atoms with Gasteiger partial charge in [-0.15, -0.1) is 0 Å². The van der Waals surface area contributed by atoms with E-state index in [1.165, 1.54) is 0 Å². The zero-order valence-electron chi connectivity index (χ0n) is 10.3. The largest absolute Gasteiger partial charge is 0.260 e. The van der Waals surface area contributed by atoms with Gasteiger partial charge in [0, 0.05) is 17.6 Å². The molecule has 0 bridgehead atoms. The zero-order chi connectivity index (χ0) is 12.7. The molecule has 1 heterocycles. The zero-order valence-corrected chi connectivity index (χ0v) is 12.0. The molecule has 0 aliphatic carbocycles. The van der Waals surface area contributed by atoms with Crippen LogP contribution in [0.4, 0.5) is 0 Å². The molecule has 1 rings (SSSR count). The summed E-state index contributed by atoms with van der Waals surface area (Å²) in [7, 11) is 0. The first-order valence-corrected chi connectivity index (χ1v) is 7.55. The Kier molecular flexibility index (Phi) is 6.46. The Balaban J connectivity index is 2.73. The highest BCUT2D eigenvalue weighted by atomic mass is 32.2. The first kappa shape index (κ1) is 14.4. The van der Waals surface area contributed by atoms with Crippen molar-refractivity contribution in [3.63, 3.8) is 0 Å².